The van der Waals surface area contributed by atoms with Crippen molar-refractivity contribution in [3.05, 3.63) is 11.6 Å². The molecule has 0 aromatic rings. The summed E-state index contributed by atoms with van der Waals surface area (Å²) in [6.07, 6.45) is 7.70. The fourth-order valence-corrected chi connectivity index (χ4v) is 2.76. The van der Waals surface area contributed by atoms with E-state index >= 15 is 0 Å². The molecule has 0 aliphatic heterocycles. The lowest BCUT2D eigenvalue weighted by Gasteiger charge is -2.28. The molecule has 0 fully saturated rings. The van der Waals surface area contributed by atoms with Crippen LogP contribution in [0.1, 0.15) is 52.9 Å². The number of hydrogen-bond donors (Lipinski definition) is 1. The molecule has 0 aromatic carbocycles. The smallest absolute Gasteiger partial charge is 0.145 e. The summed E-state index contributed by atoms with van der Waals surface area (Å²) in [4.78, 5) is 10.6. The molecule has 2 nitrogen and oxygen atoms in total. The molecule has 2 heteroatoms. The van der Waals surface area contributed by atoms with E-state index in [4.69, 9.17) is 0 Å². The Morgan fingerprint density at radius 3 is 2.59 bits per heavy atom. The molecule has 1 rings (SSSR count). The molecule has 0 aromatic heterocycles. The summed E-state index contributed by atoms with van der Waals surface area (Å²) in [7, 11) is 0. The predicted octanol–water partition coefficient (Wildman–Crippen LogP) is 3.35. The maximum atomic E-state index is 10.6. The van der Waals surface area contributed by atoms with Gasteiger partial charge in [-0.3, -0.25) is 4.79 Å². The van der Waals surface area contributed by atoms with Gasteiger partial charge in [0.05, 0.1) is 6.10 Å². The summed E-state index contributed by atoms with van der Waals surface area (Å²) in [5.74, 6) is 1.75. The first-order chi connectivity index (χ1) is 8.02. The molecule has 0 saturated heterocycles. The third-order valence-corrected chi connectivity index (χ3v) is 3.83. The second-order valence-electron chi connectivity index (χ2n) is 5.93. The Kier molecular flexibility index (Phi) is 5.90. The standard InChI is InChI=1S/C15H26O2/c1-11(2)8-15(17)9-12(3)14-6-4-13(10-16)5-7-14/h4,10-12,14-15,17H,5-9H2,1-3H3/t12-,14+,15?/m1/s1. The van der Waals surface area contributed by atoms with Crippen LogP contribution in [0.25, 0.3) is 0 Å². The topological polar surface area (TPSA) is 37.3 Å². The SMILES string of the molecule is CC(C)CC(O)C[C@@H](C)[C@H]1CC=C(C=O)CC1. The van der Waals surface area contributed by atoms with E-state index in [0.29, 0.717) is 17.8 Å². The highest BCUT2D eigenvalue weighted by atomic mass is 16.3. The maximum Gasteiger partial charge on any atom is 0.145 e. The van der Waals surface area contributed by atoms with Crippen molar-refractivity contribution in [1.29, 1.82) is 0 Å². The highest BCUT2D eigenvalue weighted by Gasteiger charge is 2.22. The highest BCUT2D eigenvalue weighted by Crippen LogP contribution is 2.31. The van der Waals surface area contributed by atoms with Crippen molar-refractivity contribution in [2.24, 2.45) is 17.8 Å². The van der Waals surface area contributed by atoms with Crippen LogP contribution in [0, 0.1) is 17.8 Å². The minimum Gasteiger partial charge on any atom is -0.393 e. The van der Waals surface area contributed by atoms with Crippen molar-refractivity contribution in [2.45, 2.75) is 59.0 Å². The zero-order chi connectivity index (χ0) is 12.8. The van der Waals surface area contributed by atoms with E-state index in [-0.39, 0.29) is 6.10 Å². The van der Waals surface area contributed by atoms with Crippen molar-refractivity contribution in [3.8, 4) is 0 Å². The first-order valence-electron chi connectivity index (χ1n) is 6.85. The zero-order valence-electron chi connectivity index (χ0n) is 11.4. The predicted molar refractivity (Wildman–Crippen MR) is 70.7 cm³/mol. The first-order valence-corrected chi connectivity index (χ1v) is 6.85. The largest absolute Gasteiger partial charge is 0.393 e. The monoisotopic (exact) mass is 238 g/mol. The zero-order valence-corrected chi connectivity index (χ0v) is 11.4. The van der Waals surface area contributed by atoms with Crippen molar-refractivity contribution in [2.75, 3.05) is 0 Å². The van der Waals surface area contributed by atoms with Gasteiger partial charge in [-0.15, -0.1) is 0 Å². The van der Waals surface area contributed by atoms with E-state index < -0.39 is 0 Å². The molecule has 1 unspecified atom stereocenters. The Bertz CT molecular complexity index is 268. The lowest BCUT2D eigenvalue weighted by atomic mass is 9.79. The normalized spacial score (nSPS) is 24.3. The van der Waals surface area contributed by atoms with E-state index in [2.05, 4.69) is 26.8 Å². The number of carbonyl (C=O) groups excluding carboxylic acids is 1. The van der Waals surface area contributed by atoms with Crippen LogP contribution in [0.15, 0.2) is 11.6 Å². The van der Waals surface area contributed by atoms with Crippen LogP contribution in [0.3, 0.4) is 0 Å². The summed E-state index contributed by atoms with van der Waals surface area (Å²) in [5.41, 5.74) is 0.955. The molecule has 0 radical (unpaired) electrons. The van der Waals surface area contributed by atoms with Crippen LogP contribution in [-0.4, -0.2) is 17.5 Å². The molecular weight excluding hydrogens is 212 g/mol. The van der Waals surface area contributed by atoms with E-state index in [9.17, 15) is 9.90 Å². The van der Waals surface area contributed by atoms with Gasteiger partial charge >= 0.3 is 0 Å². The van der Waals surface area contributed by atoms with Crippen molar-refractivity contribution < 1.29 is 9.90 Å². The van der Waals surface area contributed by atoms with Crippen LogP contribution >= 0.6 is 0 Å². The fraction of sp³-hybridized carbons (Fsp3) is 0.800. The third kappa shape index (κ3) is 5.03. The van der Waals surface area contributed by atoms with Gasteiger partial charge in [0.25, 0.3) is 0 Å². The second kappa shape index (κ2) is 6.95. The Morgan fingerprint density at radius 1 is 1.41 bits per heavy atom. The molecule has 17 heavy (non-hydrogen) atoms. The van der Waals surface area contributed by atoms with Gasteiger partial charge in [-0.05, 0) is 55.4 Å². The molecule has 0 amide bonds. The Balaban J connectivity index is 2.36. The molecule has 1 aliphatic rings. The van der Waals surface area contributed by atoms with Crippen LogP contribution in [0.5, 0.6) is 0 Å². The summed E-state index contributed by atoms with van der Waals surface area (Å²) in [6.45, 7) is 6.52. The summed E-state index contributed by atoms with van der Waals surface area (Å²) in [6, 6.07) is 0. The van der Waals surface area contributed by atoms with Crippen LogP contribution < -0.4 is 0 Å². The van der Waals surface area contributed by atoms with E-state index in [1.165, 1.54) is 0 Å². The third-order valence-electron chi connectivity index (χ3n) is 3.83. The minimum atomic E-state index is -0.165. The van der Waals surface area contributed by atoms with Crippen LogP contribution in [-0.2, 0) is 4.79 Å². The molecule has 3 atom stereocenters. The van der Waals surface area contributed by atoms with Gasteiger partial charge in [-0.2, -0.15) is 0 Å². The van der Waals surface area contributed by atoms with Gasteiger partial charge in [-0.25, -0.2) is 0 Å². The maximum absolute atomic E-state index is 10.6. The average molecular weight is 238 g/mol. The van der Waals surface area contributed by atoms with Gasteiger partial charge in [0.15, 0.2) is 0 Å². The fourth-order valence-electron chi connectivity index (χ4n) is 2.76. The second-order valence-corrected chi connectivity index (χ2v) is 5.93. The van der Waals surface area contributed by atoms with E-state index in [0.717, 1.165) is 44.0 Å². The molecule has 98 valence electrons. The quantitative estimate of drug-likeness (QED) is 0.721. The van der Waals surface area contributed by atoms with Gasteiger partial charge in [0, 0.05) is 0 Å². The van der Waals surface area contributed by atoms with Crippen molar-refractivity contribution in [3.63, 3.8) is 0 Å². The summed E-state index contributed by atoms with van der Waals surface area (Å²) in [5, 5.41) is 9.95. The lowest BCUT2D eigenvalue weighted by Crippen LogP contribution is -2.21. The van der Waals surface area contributed by atoms with Crippen LogP contribution in [0.2, 0.25) is 0 Å². The van der Waals surface area contributed by atoms with Gasteiger partial charge in [0.1, 0.15) is 6.29 Å². The van der Waals surface area contributed by atoms with E-state index in [1.54, 1.807) is 0 Å². The Labute approximate surface area is 105 Å². The Hall–Kier alpha value is -0.630. The Morgan fingerprint density at radius 2 is 2.12 bits per heavy atom. The number of carbonyl (C=O) groups is 1. The molecule has 1 N–H and O–H groups in total. The number of allylic oxidation sites excluding steroid dienone is 2. The van der Waals surface area contributed by atoms with Gasteiger partial charge in [0.2, 0.25) is 0 Å². The number of hydrogen-bond acceptors (Lipinski definition) is 2. The van der Waals surface area contributed by atoms with Crippen LogP contribution in [0.4, 0.5) is 0 Å². The molecule has 0 heterocycles. The highest BCUT2D eigenvalue weighted by molar-refractivity contribution is 5.73. The molecule has 0 spiro atoms. The van der Waals surface area contributed by atoms with Gasteiger partial charge in [-0.1, -0.05) is 26.8 Å². The average Bonchev–Trinajstić information content (AvgIpc) is 2.28. The molecule has 0 bridgehead atoms. The number of aldehydes is 1. The molecule has 0 saturated carbocycles. The first kappa shape index (κ1) is 14.4. The molecular formula is C15H26O2. The lowest BCUT2D eigenvalue weighted by molar-refractivity contribution is -0.105. The summed E-state index contributed by atoms with van der Waals surface area (Å²) < 4.78 is 0. The number of aliphatic hydroxyl groups excluding tert-OH is 1. The van der Waals surface area contributed by atoms with Crippen molar-refractivity contribution in [1.82, 2.24) is 0 Å². The minimum absolute atomic E-state index is 0.165. The molecule has 1 aliphatic carbocycles. The number of aliphatic hydroxyl groups is 1. The van der Waals surface area contributed by atoms with Gasteiger partial charge < -0.3 is 5.11 Å². The van der Waals surface area contributed by atoms with Crippen molar-refractivity contribution >= 4 is 6.29 Å². The van der Waals surface area contributed by atoms with E-state index in [1.807, 2.05) is 0 Å². The number of rotatable bonds is 6. The summed E-state index contributed by atoms with van der Waals surface area (Å²) >= 11 is 0.